The summed E-state index contributed by atoms with van der Waals surface area (Å²) in [6.07, 6.45) is 1.77. The van der Waals surface area contributed by atoms with E-state index in [1.54, 1.807) is 6.20 Å². The summed E-state index contributed by atoms with van der Waals surface area (Å²) >= 11 is 0. The monoisotopic (exact) mass is 227 g/mol. The van der Waals surface area contributed by atoms with Crippen LogP contribution in [0.5, 0.6) is 0 Å². The lowest BCUT2D eigenvalue weighted by Gasteiger charge is -2.03. The third-order valence-corrected chi connectivity index (χ3v) is 3.02. The number of rotatable bonds is 0. The number of nitrogens with two attached hydrogens (primary N) is 1. The molecule has 1 aromatic carbocycles. The number of aryl methyl sites for hydroxylation is 3. The lowest BCUT2D eigenvalue weighted by atomic mass is 10.1. The summed E-state index contributed by atoms with van der Waals surface area (Å²) in [6.45, 7) is 3.95. The van der Waals surface area contributed by atoms with Crippen LogP contribution in [-0.4, -0.2) is 19.5 Å². The fourth-order valence-corrected chi connectivity index (χ4v) is 2.07. The topological polar surface area (TPSA) is 69.6 Å². The van der Waals surface area contributed by atoms with Crippen molar-refractivity contribution in [2.24, 2.45) is 7.05 Å². The van der Waals surface area contributed by atoms with Gasteiger partial charge in [-0.1, -0.05) is 0 Å². The van der Waals surface area contributed by atoms with E-state index in [2.05, 4.69) is 15.0 Å². The molecule has 17 heavy (non-hydrogen) atoms. The van der Waals surface area contributed by atoms with E-state index in [1.807, 2.05) is 31.5 Å². The van der Waals surface area contributed by atoms with Gasteiger partial charge in [-0.3, -0.25) is 4.98 Å². The predicted octanol–water partition coefficient (Wildman–Crippen LogP) is 1.72. The third kappa shape index (κ3) is 1.28. The first-order valence-corrected chi connectivity index (χ1v) is 5.43. The quantitative estimate of drug-likeness (QED) is 0.634. The highest BCUT2D eigenvalue weighted by Crippen LogP contribution is 2.26. The van der Waals surface area contributed by atoms with Gasteiger partial charge in [-0.2, -0.15) is 0 Å². The van der Waals surface area contributed by atoms with Crippen molar-refractivity contribution in [1.29, 1.82) is 0 Å². The lowest BCUT2D eigenvalue weighted by molar-refractivity contribution is 0.964. The Morgan fingerprint density at radius 2 is 1.88 bits per heavy atom. The number of anilines is 1. The van der Waals surface area contributed by atoms with Crippen LogP contribution in [-0.2, 0) is 7.05 Å². The van der Waals surface area contributed by atoms with E-state index < -0.39 is 0 Å². The summed E-state index contributed by atoms with van der Waals surface area (Å²) in [5.41, 5.74) is 11.3. The van der Waals surface area contributed by atoms with E-state index in [-0.39, 0.29) is 0 Å². The predicted molar refractivity (Wildman–Crippen MR) is 67.7 cm³/mol. The van der Waals surface area contributed by atoms with Gasteiger partial charge in [-0.25, -0.2) is 9.97 Å². The Hall–Kier alpha value is -2.17. The van der Waals surface area contributed by atoms with Crippen LogP contribution in [0.25, 0.3) is 22.1 Å². The van der Waals surface area contributed by atoms with Crippen LogP contribution in [0.1, 0.15) is 11.3 Å². The van der Waals surface area contributed by atoms with Crippen LogP contribution >= 0.6 is 0 Å². The fraction of sp³-hybridized carbons (Fsp3) is 0.250. The first kappa shape index (κ1) is 10.0. The number of hydrogen-bond acceptors (Lipinski definition) is 4. The SMILES string of the molecule is Cc1cnc2c(C)cc3c(nc(N)n3C)c2n1. The molecule has 86 valence electrons. The summed E-state index contributed by atoms with van der Waals surface area (Å²) < 4.78 is 1.87. The van der Waals surface area contributed by atoms with E-state index in [4.69, 9.17) is 5.73 Å². The number of nitrogens with zero attached hydrogens (tertiary/aromatic N) is 4. The van der Waals surface area contributed by atoms with E-state index >= 15 is 0 Å². The van der Waals surface area contributed by atoms with Crippen LogP contribution in [0.15, 0.2) is 12.3 Å². The largest absolute Gasteiger partial charge is 0.369 e. The second kappa shape index (κ2) is 3.16. The lowest BCUT2D eigenvalue weighted by Crippen LogP contribution is -1.96. The second-order valence-corrected chi connectivity index (χ2v) is 4.30. The number of aromatic nitrogens is 4. The molecule has 2 N–H and O–H groups in total. The molecule has 0 bridgehead atoms. The van der Waals surface area contributed by atoms with Gasteiger partial charge >= 0.3 is 0 Å². The highest BCUT2D eigenvalue weighted by atomic mass is 15.1. The molecule has 0 atom stereocenters. The van der Waals surface area contributed by atoms with Gasteiger partial charge in [0.05, 0.1) is 16.7 Å². The molecule has 5 nitrogen and oxygen atoms in total. The first-order chi connectivity index (χ1) is 8.08. The minimum atomic E-state index is 0.496. The molecule has 2 aromatic heterocycles. The molecule has 0 aliphatic rings. The van der Waals surface area contributed by atoms with Gasteiger partial charge in [0.2, 0.25) is 5.95 Å². The van der Waals surface area contributed by atoms with E-state index in [1.165, 1.54) is 0 Å². The summed E-state index contributed by atoms with van der Waals surface area (Å²) in [7, 11) is 1.90. The van der Waals surface area contributed by atoms with Crippen molar-refractivity contribution in [3.05, 3.63) is 23.5 Å². The Morgan fingerprint density at radius 1 is 1.12 bits per heavy atom. The summed E-state index contributed by atoms with van der Waals surface area (Å²) in [5, 5.41) is 0. The minimum absolute atomic E-state index is 0.496. The van der Waals surface area contributed by atoms with Crippen molar-refractivity contribution in [3.8, 4) is 0 Å². The number of nitrogen functional groups attached to an aromatic ring is 1. The molecule has 0 aliphatic heterocycles. The van der Waals surface area contributed by atoms with Crippen LogP contribution in [0, 0.1) is 13.8 Å². The van der Waals surface area contributed by atoms with Crippen LogP contribution in [0.2, 0.25) is 0 Å². The maximum atomic E-state index is 5.84. The van der Waals surface area contributed by atoms with Gasteiger partial charge in [-0.15, -0.1) is 0 Å². The molecular weight excluding hydrogens is 214 g/mol. The molecule has 2 heterocycles. The van der Waals surface area contributed by atoms with Gasteiger partial charge in [0.1, 0.15) is 11.0 Å². The van der Waals surface area contributed by atoms with Crippen molar-refractivity contribution in [2.45, 2.75) is 13.8 Å². The van der Waals surface area contributed by atoms with Crippen LogP contribution in [0.3, 0.4) is 0 Å². The fourth-order valence-electron chi connectivity index (χ4n) is 2.07. The van der Waals surface area contributed by atoms with Crippen molar-refractivity contribution in [2.75, 3.05) is 5.73 Å². The number of hydrogen-bond donors (Lipinski definition) is 1. The number of benzene rings is 1. The molecular formula is C12H13N5. The third-order valence-electron chi connectivity index (χ3n) is 3.02. The Kier molecular flexibility index (Phi) is 1.86. The molecule has 3 aromatic rings. The summed E-state index contributed by atoms with van der Waals surface area (Å²) in [5.74, 6) is 0.496. The molecule has 0 spiro atoms. The Bertz CT molecular complexity index is 742. The minimum Gasteiger partial charge on any atom is -0.369 e. The number of fused-ring (bicyclic) bond motifs is 3. The van der Waals surface area contributed by atoms with Crippen LogP contribution in [0.4, 0.5) is 5.95 Å². The Morgan fingerprint density at radius 3 is 2.65 bits per heavy atom. The zero-order chi connectivity index (χ0) is 12.2. The van der Waals surface area contributed by atoms with Gasteiger partial charge < -0.3 is 10.3 Å². The molecule has 0 unspecified atom stereocenters. The van der Waals surface area contributed by atoms with Gasteiger partial charge in [0.15, 0.2) is 0 Å². The van der Waals surface area contributed by atoms with E-state index in [0.29, 0.717) is 5.95 Å². The normalized spacial score (nSPS) is 11.5. The molecule has 0 saturated heterocycles. The maximum Gasteiger partial charge on any atom is 0.201 e. The van der Waals surface area contributed by atoms with Crippen molar-refractivity contribution >= 4 is 28.0 Å². The van der Waals surface area contributed by atoms with E-state index in [0.717, 1.165) is 33.3 Å². The van der Waals surface area contributed by atoms with Crippen molar-refractivity contribution < 1.29 is 0 Å². The average molecular weight is 227 g/mol. The van der Waals surface area contributed by atoms with Gasteiger partial charge in [0.25, 0.3) is 0 Å². The summed E-state index contributed by atoms with van der Waals surface area (Å²) in [4.78, 5) is 13.3. The molecule has 0 radical (unpaired) electrons. The maximum absolute atomic E-state index is 5.84. The zero-order valence-electron chi connectivity index (χ0n) is 10.0. The van der Waals surface area contributed by atoms with E-state index in [9.17, 15) is 0 Å². The molecule has 0 amide bonds. The standard InChI is InChI=1S/C12H13N5/c1-6-4-8-10(16-12(13)17(8)3)11-9(6)14-5-7(2)15-11/h4-5H,1-3H3,(H2,13,16). The highest BCUT2D eigenvalue weighted by Gasteiger charge is 2.12. The molecule has 0 saturated carbocycles. The van der Waals surface area contributed by atoms with Gasteiger partial charge in [0, 0.05) is 13.2 Å². The van der Waals surface area contributed by atoms with Gasteiger partial charge in [-0.05, 0) is 25.5 Å². The molecule has 0 fully saturated rings. The van der Waals surface area contributed by atoms with Crippen LogP contribution < -0.4 is 5.73 Å². The molecule has 0 aliphatic carbocycles. The average Bonchev–Trinajstić information content (AvgIpc) is 2.57. The van der Waals surface area contributed by atoms with Crippen molar-refractivity contribution in [1.82, 2.24) is 19.5 Å². The Labute approximate surface area is 98.3 Å². The smallest absolute Gasteiger partial charge is 0.201 e. The second-order valence-electron chi connectivity index (χ2n) is 4.30. The molecule has 3 rings (SSSR count). The zero-order valence-corrected chi connectivity index (χ0v) is 10.0. The Balaban J connectivity index is 2.62. The summed E-state index contributed by atoms with van der Waals surface area (Å²) in [6, 6.07) is 2.05. The molecule has 5 heteroatoms. The highest BCUT2D eigenvalue weighted by molar-refractivity contribution is 6.02. The van der Waals surface area contributed by atoms with Crippen molar-refractivity contribution in [3.63, 3.8) is 0 Å². The first-order valence-electron chi connectivity index (χ1n) is 5.43. The number of imidazole rings is 1.